The number of aromatic nitrogens is 2. The van der Waals surface area contributed by atoms with Gasteiger partial charge in [-0.15, -0.1) is 0 Å². The Morgan fingerprint density at radius 3 is 1.44 bits per heavy atom. The van der Waals surface area contributed by atoms with E-state index in [0.29, 0.717) is 0 Å². The SMILES string of the molecule is c1ccc([Si](c2ccccc2)(c2ccccc2)c2ccc(-n3c4ccccc4c4ccc(-n5c6ccccc6c6cc(-c7cccc8oc9ccccc9c78)ccc65)cc43)cc2)cc1. The van der Waals surface area contributed by atoms with Crippen molar-refractivity contribution in [3.63, 3.8) is 0 Å². The topological polar surface area (TPSA) is 23.0 Å². The highest BCUT2D eigenvalue weighted by Crippen LogP contribution is 2.41. The molecule has 3 nitrogen and oxygen atoms in total. The number of nitrogens with zero attached hydrogens (tertiary/aromatic N) is 2. The van der Waals surface area contributed by atoms with E-state index in [1.54, 1.807) is 0 Å². The van der Waals surface area contributed by atoms with Crippen molar-refractivity contribution in [3.05, 3.63) is 243 Å². The molecule has 10 aromatic carbocycles. The first kappa shape index (κ1) is 36.5. The normalized spacial score (nSPS) is 12.1. The van der Waals surface area contributed by atoms with Crippen LogP contribution in [0.3, 0.4) is 0 Å². The van der Waals surface area contributed by atoms with Gasteiger partial charge in [0.1, 0.15) is 11.2 Å². The summed E-state index contributed by atoms with van der Waals surface area (Å²) >= 11 is 0. The van der Waals surface area contributed by atoms with Crippen molar-refractivity contribution < 1.29 is 4.42 Å². The average Bonchev–Trinajstić information content (AvgIpc) is 4.03. The Morgan fingerprint density at radius 1 is 0.297 bits per heavy atom. The minimum Gasteiger partial charge on any atom is -0.456 e. The Bertz CT molecular complexity index is 3790. The molecule has 0 N–H and O–H groups in total. The fourth-order valence-electron chi connectivity index (χ4n) is 10.7. The molecule has 0 aliphatic heterocycles. The largest absolute Gasteiger partial charge is 0.456 e. The van der Waals surface area contributed by atoms with Crippen LogP contribution in [0.2, 0.25) is 0 Å². The van der Waals surface area contributed by atoms with Gasteiger partial charge in [0.05, 0.1) is 22.1 Å². The van der Waals surface area contributed by atoms with Crippen LogP contribution in [0.15, 0.2) is 247 Å². The fourth-order valence-corrected chi connectivity index (χ4v) is 15.5. The molecule has 3 heterocycles. The van der Waals surface area contributed by atoms with E-state index in [-0.39, 0.29) is 0 Å². The van der Waals surface area contributed by atoms with E-state index in [1.807, 2.05) is 6.07 Å². The van der Waals surface area contributed by atoms with Crippen LogP contribution in [0.4, 0.5) is 0 Å². The first-order valence-corrected chi connectivity index (χ1v) is 24.0. The second-order valence-electron chi connectivity index (χ2n) is 16.8. The molecule has 0 bridgehead atoms. The molecule has 4 heteroatoms. The maximum absolute atomic E-state index is 6.30. The Labute approximate surface area is 371 Å². The summed E-state index contributed by atoms with van der Waals surface area (Å²) in [6.07, 6.45) is 0. The van der Waals surface area contributed by atoms with Crippen LogP contribution < -0.4 is 20.7 Å². The third-order valence-corrected chi connectivity index (χ3v) is 18.3. The van der Waals surface area contributed by atoms with Gasteiger partial charge in [0.15, 0.2) is 8.07 Å². The van der Waals surface area contributed by atoms with Gasteiger partial charge in [-0.2, -0.15) is 0 Å². The lowest BCUT2D eigenvalue weighted by Gasteiger charge is -2.34. The molecule has 13 rings (SSSR count). The quantitative estimate of drug-likeness (QED) is 0.116. The minimum absolute atomic E-state index is 0.907. The lowest BCUT2D eigenvalue weighted by Crippen LogP contribution is -2.74. The van der Waals surface area contributed by atoms with Gasteiger partial charge in [0.2, 0.25) is 0 Å². The van der Waals surface area contributed by atoms with Gasteiger partial charge in [-0.3, -0.25) is 0 Å². The summed E-state index contributed by atoms with van der Waals surface area (Å²) < 4.78 is 11.2. The minimum atomic E-state index is -2.68. The van der Waals surface area contributed by atoms with E-state index in [4.69, 9.17) is 4.42 Å². The predicted octanol–water partition coefficient (Wildman–Crippen LogP) is 12.8. The molecule has 0 saturated carbocycles. The summed E-state index contributed by atoms with van der Waals surface area (Å²) in [7, 11) is -2.68. The third kappa shape index (κ3) is 5.39. The van der Waals surface area contributed by atoms with Crippen LogP contribution in [-0.4, -0.2) is 17.2 Å². The molecule has 0 atom stereocenters. The van der Waals surface area contributed by atoms with E-state index in [9.17, 15) is 0 Å². The summed E-state index contributed by atoms with van der Waals surface area (Å²) in [6, 6.07) is 89.2. The van der Waals surface area contributed by atoms with Crippen LogP contribution in [0.1, 0.15) is 0 Å². The molecule has 3 aromatic heterocycles. The molecule has 0 amide bonds. The molecule has 0 spiro atoms. The molecule has 0 radical (unpaired) electrons. The average molecular weight is 833 g/mol. The van der Waals surface area contributed by atoms with Gasteiger partial charge >= 0.3 is 0 Å². The second kappa shape index (κ2) is 14.5. The predicted molar refractivity (Wildman–Crippen MR) is 271 cm³/mol. The Kier molecular flexibility index (Phi) is 8.23. The lowest BCUT2D eigenvalue weighted by molar-refractivity contribution is 0.669. The molecule has 300 valence electrons. The van der Waals surface area contributed by atoms with Gasteiger partial charge in [-0.1, -0.05) is 182 Å². The third-order valence-electron chi connectivity index (χ3n) is 13.5. The molecule has 0 fully saturated rings. The van der Waals surface area contributed by atoms with Crippen molar-refractivity contribution in [3.8, 4) is 22.5 Å². The molecule has 0 unspecified atom stereocenters. The first-order valence-electron chi connectivity index (χ1n) is 22.0. The summed E-state index contributed by atoms with van der Waals surface area (Å²) in [4.78, 5) is 0. The molecule has 0 saturated heterocycles. The van der Waals surface area contributed by atoms with Gasteiger partial charge in [-0.05, 0) is 92.5 Å². The van der Waals surface area contributed by atoms with Crippen LogP contribution in [-0.2, 0) is 0 Å². The van der Waals surface area contributed by atoms with Gasteiger partial charge < -0.3 is 13.6 Å². The number of furan rings is 1. The summed E-state index contributed by atoms with van der Waals surface area (Å²) in [5, 5.41) is 12.7. The summed E-state index contributed by atoms with van der Waals surface area (Å²) in [5.74, 6) is 0. The van der Waals surface area contributed by atoms with Crippen LogP contribution in [0.25, 0.3) is 88.1 Å². The summed E-state index contributed by atoms with van der Waals surface area (Å²) in [6.45, 7) is 0. The number of benzene rings is 10. The monoisotopic (exact) mass is 832 g/mol. The standard InChI is InChI=1S/C60H40N2OSi/c1-4-17-44(18-5-1)64(45-19-6-2-7-20-45,46-21-8-3-9-22-46)47-35-32-42(33-36-47)61-54-27-13-10-23-49(54)51-37-34-43(40-57(51)61)62-55-28-14-11-24-50(55)53-39-41(31-38-56(53)62)48-26-16-30-59-60(48)52-25-12-15-29-58(52)63-59/h1-40H. The molecule has 0 aliphatic carbocycles. The van der Waals surface area contributed by atoms with Crippen molar-refractivity contribution >= 4 is 94.4 Å². The van der Waals surface area contributed by atoms with E-state index in [2.05, 4.69) is 246 Å². The second-order valence-corrected chi connectivity index (χ2v) is 20.6. The maximum atomic E-state index is 6.30. The number of rotatable bonds is 7. The van der Waals surface area contributed by atoms with Crippen molar-refractivity contribution in [2.45, 2.75) is 0 Å². The van der Waals surface area contributed by atoms with Crippen LogP contribution in [0.5, 0.6) is 0 Å². The van der Waals surface area contributed by atoms with Crippen molar-refractivity contribution in [2.75, 3.05) is 0 Å². The molecular formula is C60H40N2OSi. The van der Waals surface area contributed by atoms with Crippen LogP contribution in [0, 0.1) is 0 Å². The highest BCUT2D eigenvalue weighted by Gasteiger charge is 2.41. The van der Waals surface area contributed by atoms with Crippen molar-refractivity contribution in [2.24, 2.45) is 0 Å². The zero-order valence-corrected chi connectivity index (χ0v) is 35.9. The molecule has 13 aromatic rings. The number of para-hydroxylation sites is 3. The highest BCUT2D eigenvalue weighted by atomic mass is 28.3. The smallest absolute Gasteiger partial charge is 0.179 e. The Balaban J connectivity index is 0.995. The molecule has 0 aliphatic rings. The van der Waals surface area contributed by atoms with Crippen molar-refractivity contribution in [1.29, 1.82) is 0 Å². The number of hydrogen-bond donors (Lipinski definition) is 0. The lowest BCUT2D eigenvalue weighted by atomic mass is 9.98. The Hall–Kier alpha value is -8.18. The fraction of sp³-hybridized carbons (Fsp3) is 0. The van der Waals surface area contributed by atoms with E-state index in [1.165, 1.54) is 75.5 Å². The summed E-state index contributed by atoms with van der Waals surface area (Å²) in [5.41, 5.74) is 11.1. The van der Waals surface area contributed by atoms with Gasteiger partial charge in [0, 0.05) is 43.7 Å². The van der Waals surface area contributed by atoms with E-state index in [0.717, 1.165) is 33.3 Å². The number of hydrogen-bond acceptors (Lipinski definition) is 1. The van der Waals surface area contributed by atoms with Gasteiger partial charge in [-0.25, -0.2) is 0 Å². The van der Waals surface area contributed by atoms with Gasteiger partial charge in [0.25, 0.3) is 0 Å². The Morgan fingerprint density at radius 2 is 0.781 bits per heavy atom. The van der Waals surface area contributed by atoms with Crippen molar-refractivity contribution in [1.82, 2.24) is 9.13 Å². The van der Waals surface area contributed by atoms with Crippen LogP contribution >= 0.6 is 0 Å². The zero-order chi connectivity index (χ0) is 42.2. The maximum Gasteiger partial charge on any atom is 0.179 e. The highest BCUT2D eigenvalue weighted by molar-refractivity contribution is 7.19. The van der Waals surface area contributed by atoms with E-state index < -0.39 is 8.07 Å². The first-order chi connectivity index (χ1) is 31.8. The number of fused-ring (bicyclic) bond motifs is 9. The van der Waals surface area contributed by atoms with E-state index >= 15 is 0 Å². The molecule has 64 heavy (non-hydrogen) atoms. The molecular weight excluding hydrogens is 793 g/mol. The zero-order valence-electron chi connectivity index (χ0n) is 34.9.